The fourth-order valence-corrected chi connectivity index (χ4v) is 3.33. The van der Waals surface area contributed by atoms with Crippen molar-refractivity contribution >= 4 is 17.7 Å². The SMILES string of the molecule is CSc1nc(C)c(CCC(=O)NCCCOC(C)c2ccccc2)c(C)n1. The summed E-state index contributed by atoms with van der Waals surface area (Å²) in [7, 11) is 0. The van der Waals surface area contributed by atoms with Crippen molar-refractivity contribution in [3.63, 3.8) is 0 Å². The molecule has 0 saturated carbocycles. The topological polar surface area (TPSA) is 64.1 Å². The van der Waals surface area contributed by atoms with Crippen LogP contribution in [0.4, 0.5) is 0 Å². The van der Waals surface area contributed by atoms with E-state index in [0.29, 0.717) is 26.0 Å². The van der Waals surface area contributed by atoms with Gasteiger partial charge in [-0.1, -0.05) is 42.1 Å². The van der Waals surface area contributed by atoms with Crippen LogP contribution in [0.25, 0.3) is 0 Å². The molecule has 1 aromatic heterocycles. The number of carbonyl (C=O) groups excluding carboxylic acids is 1. The molecule has 1 atom stereocenters. The molecule has 0 aliphatic rings. The number of nitrogens with zero attached hydrogens (tertiary/aromatic N) is 2. The number of aryl methyl sites for hydroxylation is 2. The molecule has 2 rings (SSSR count). The van der Waals surface area contributed by atoms with Gasteiger partial charge in [-0.25, -0.2) is 9.97 Å². The molecule has 0 aliphatic carbocycles. The third kappa shape index (κ3) is 6.96. The number of benzene rings is 1. The Morgan fingerprint density at radius 3 is 2.48 bits per heavy atom. The van der Waals surface area contributed by atoms with Crippen molar-refractivity contribution in [1.29, 1.82) is 0 Å². The van der Waals surface area contributed by atoms with Crippen LogP contribution in [0, 0.1) is 13.8 Å². The van der Waals surface area contributed by atoms with E-state index >= 15 is 0 Å². The van der Waals surface area contributed by atoms with Crippen molar-refractivity contribution in [2.24, 2.45) is 0 Å². The van der Waals surface area contributed by atoms with Crippen LogP contribution in [0.5, 0.6) is 0 Å². The lowest BCUT2D eigenvalue weighted by molar-refractivity contribution is -0.121. The third-order valence-corrected chi connectivity index (χ3v) is 5.01. The maximum atomic E-state index is 12.1. The molecule has 6 heteroatoms. The van der Waals surface area contributed by atoms with Crippen molar-refractivity contribution in [1.82, 2.24) is 15.3 Å². The van der Waals surface area contributed by atoms with E-state index < -0.39 is 0 Å². The number of rotatable bonds is 10. The lowest BCUT2D eigenvalue weighted by atomic mass is 10.1. The predicted octanol–water partition coefficient (Wildman–Crippen LogP) is 4.03. The number of ether oxygens (including phenoxy) is 1. The van der Waals surface area contributed by atoms with E-state index in [9.17, 15) is 4.79 Å². The first kappa shape index (κ1) is 21.4. The van der Waals surface area contributed by atoms with Crippen molar-refractivity contribution in [2.75, 3.05) is 19.4 Å². The highest BCUT2D eigenvalue weighted by atomic mass is 32.2. The Bertz CT molecular complexity index is 714. The minimum Gasteiger partial charge on any atom is -0.374 e. The minimum atomic E-state index is 0.0545. The molecular formula is C21H29N3O2S. The zero-order chi connectivity index (χ0) is 19.6. The maximum Gasteiger partial charge on any atom is 0.220 e. The lowest BCUT2D eigenvalue weighted by Crippen LogP contribution is -2.25. The van der Waals surface area contributed by atoms with E-state index in [0.717, 1.165) is 28.5 Å². The van der Waals surface area contributed by atoms with E-state index in [4.69, 9.17) is 4.74 Å². The number of hydrogen-bond acceptors (Lipinski definition) is 5. The van der Waals surface area contributed by atoms with Crippen LogP contribution in [0.3, 0.4) is 0 Å². The van der Waals surface area contributed by atoms with E-state index in [2.05, 4.69) is 27.4 Å². The van der Waals surface area contributed by atoms with E-state index in [-0.39, 0.29) is 12.0 Å². The first-order valence-corrected chi connectivity index (χ1v) is 10.5. The van der Waals surface area contributed by atoms with E-state index in [1.54, 1.807) is 0 Å². The quantitative estimate of drug-likeness (QED) is 0.379. The van der Waals surface area contributed by atoms with Gasteiger partial charge in [0.15, 0.2) is 5.16 Å². The number of thioether (sulfide) groups is 1. The molecule has 0 saturated heterocycles. The molecule has 5 nitrogen and oxygen atoms in total. The van der Waals surface area contributed by atoms with Gasteiger partial charge < -0.3 is 10.1 Å². The van der Waals surface area contributed by atoms with Gasteiger partial charge in [0.05, 0.1) is 6.10 Å². The fourth-order valence-electron chi connectivity index (χ4n) is 2.87. The van der Waals surface area contributed by atoms with Gasteiger partial charge in [0.25, 0.3) is 0 Å². The predicted molar refractivity (Wildman–Crippen MR) is 110 cm³/mol. The highest BCUT2D eigenvalue weighted by Gasteiger charge is 2.10. The number of carbonyl (C=O) groups is 1. The van der Waals surface area contributed by atoms with Crippen LogP contribution in [-0.4, -0.2) is 35.3 Å². The molecular weight excluding hydrogens is 358 g/mol. The van der Waals surface area contributed by atoms with Gasteiger partial charge in [-0.3, -0.25) is 4.79 Å². The maximum absolute atomic E-state index is 12.1. The normalized spacial score (nSPS) is 12.0. The summed E-state index contributed by atoms with van der Waals surface area (Å²) in [4.78, 5) is 21.0. The molecule has 2 aromatic rings. The van der Waals surface area contributed by atoms with Gasteiger partial charge in [0.2, 0.25) is 5.91 Å². The molecule has 27 heavy (non-hydrogen) atoms. The second-order valence-corrected chi connectivity index (χ2v) is 7.26. The molecule has 0 bridgehead atoms. The molecule has 0 aliphatic heterocycles. The summed E-state index contributed by atoms with van der Waals surface area (Å²) in [5.74, 6) is 0.0545. The second kappa shape index (κ2) is 11.0. The Morgan fingerprint density at radius 2 is 1.85 bits per heavy atom. The number of hydrogen-bond donors (Lipinski definition) is 1. The average Bonchev–Trinajstić information content (AvgIpc) is 2.67. The highest BCUT2D eigenvalue weighted by molar-refractivity contribution is 7.98. The summed E-state index contributed by atoms with van der Waals surface area (Å²) in [5.41, 5.74) is 4.16. The lowest BCUT2D eigenvalue weighted by Gasteiger charge is -2.13. The molecule has 0 fully saturated rings. The average molecular weight is 388 g/mol. The zero-order valence-electron chi connectivity index (χ0n) is 16.6. The summed E-state index contributed by atoms with van der Waals surface area (Å²) in [5, 5.41) is 3.74. The Morgan fingerprint density at radius 1 is 1.19 bits per heavy atom. The fraction of sp³-hybridized carbons (Fsp3) is 0.476. The van der Waals surface area contributed by atoms with Gasteiger partial charge in [0, 0.05) is 31.0 Å². The monoisotopic (exact) mass is 387 g/mol. The number of aromatic nitrogens is 2. The number of amides is 1. The van der Waals surface area contributed by atoms with Gasteiger partial charge in [-0.05, 0) is 51.0 Å². The summed E-state index contributed by atoms with van der Waals surface area (Å²) in [6.45, 7) is 7.25. The number of nitrogens with one attached hydrogen (secondary N) is 1. The van der Waals surface area contributed by atoms with Gasteiger partial charge in [0.1, 0.15) is 0 Å². The van der Waals surface area contributed by atoms with Crippen LogP contribution in [0.2, 0.25) is 0 Å². The van der Waals surface area contributed by atoms with Crippen LogP contribution in [-0.2, 0) is 16.0 Å². The Balaban J connectivity index is 1.65. The van der Waals surface area contributed by atoms with Gasteiger partial charge in [-0.2, -0.15) is 0 Å². The molecule has 1 amide bonds. The smallest absolute Gasteiger partial charge is 0.220 e. The summed E-state index contributed by atoms with van der Waals surface area (Å²) >= 11 is 1.53. The van der Waals surface area contributed by atoms with Gasteiger partial charge >= 0.3 is 0 Å². The van der Waals surface area contributed by atoms with Crippen LogP contribution < -0.4 is 5.32 Å². The molecule has 1 heterocycles. The van der Waals surface area contributed by atoms with E-state index in [1.165, 1.54) is 17.3 Å². The molecule has 1 N–H and O–H groups in total. The van der Waals surface area contributed by atoms with Crippen molar-refractivity contribution in [2.45, 2.75) is 51.3 Å². The van der Waals surface area contributed by atoms with Crippen LogP contribution in [0.1, 0.15) is 48.4 Å². The minimum absolute atomic E-state index is 0.0545. The molecule has 1 unspecified atom stereocenters. The molecule has 0 radical (unpaired) electrons. The molecule has 146 valence electrons. The Labute approximate surface area is 166 Å². The Kier molecular flexibility index (Phi) is 8.75. The highest BCUT2D eigenvalue weighted by Crippen LogP contribution is 2.17. The molecule has 0 spiro atoms. The first-order valence-electron chi connectivity index (χ1n) is 9.32. The zero-order valence-corrected chi connectivity index (χ0v) is 17.4. The van der Waals surface area contributed by atoms with Gasteiger partial charge in [-0.15, -0.1) is 0 Å². The van der Waals surface area contributed by atoms with Crippen molar-refractivity contribution < 1.29 is 9.53 Å². The second-order valence-electron chi connectivity index (χ2n) is 6.49. The first-order chi connectivity index (χ1) is 13.0. The Hall–Kier alpha value is -1.92. The van der Waals surface area contributed by atoms with E-state index in [1.807, 2.05) is 45.2 Å². The summed E-state index contributed by atoms with van der Waals surface area (Å²) in [6.07, 6.45) is 3.94. The van der Waals surface area contributed by atoms with Crippen molar-refractivity contribution in [3.05, 3.63) is 52.8 Å². The summed E-state index contributed by atoms with van der Waals surface area (Å²) in [6, 6.07) is 10.1. The summed E-state index contributed by atoms with van der Waals surface area (Å²) < 4.78 is 5.82. The van der Waals surface area contributed by atoms with Crippen LogP contribution in [0.15, 0.2) is 35.5 Å². The molecule has 1 aromatic carbocycles. The third-order valence-electron chi connectivity index (χ3n) is 4.46. The largest absolute Gasteiger partial charge is 0.374 e. The van der Waals surface area contributed by atoms with Crippen molar-refractivity contribution in [3.8, 4) is 0 Å². The standard InChI is InChI=1S/C21H29N3O2S/c1-15-19(16(2)24-21(23-15)27-4)11-12-20(25)22-13-8-14-26-17(3)18-9-6-5-7-10-18/h5-7,9-10,17H,8,11-14H2,1-4H3,(H,22,25). The van der Waals surface area contributed by atoms with Crippen LogP contribution >= 0.6 is 11.8 Å².